The van der Waals surface area contributed by atoms with Crippen molar-refractivity contribution in [1.29, 1.82) is 0 Å². The van der Waals surface area contributed by atoms with Crippen LogP contribution >= 0.6 is 0 Å². The van der Waals surface area contributed by atoms with Crippen molar-refractivity contribution in [3.8, 4) is 0 Å². The van der Waals surface area contributed by atoms with Crippen molar-refractivity contribution in [3.05, 3.63) is 24.3 Å². The Hall–Kier alpha value is -0.520. The van der Waals surface area contributed by atoms with E-state index in [2.05, 4.69) is 38.2 Å². The first-order chi connectivity index (χ1) is 5.91. The molecule has 0 radical (unpaired) electrons. The lowest BCUT2D eigenvalue weighted by Gasteiger charge is -1.91. The first kappa shape index (κ1) is 11.5. The number of hydrogen-bond donors (Lipinski definition) is 0. The van der Waals surface area contributed by atoms with Gasteiger partial charge in [-0.25, -0.2) is 0 Å². The molecule has 70 valence electrons. The lowest BCUT2D eigenvalue weighted by molar-refractivity contribution is 0.728. The Balaban J connectivity index is 3.03. The van der Waals surface area contributed by atoms with Crippen molar-refractivity contribution in [2.75, 3.05) is 0 Å². The van der Waals surface area contributed by atoms with E-state index in [1.54, 1.807) is 0 Å². The highest BCUT2D eigenvalue weighted by atomic mass is 13.9. The van der Waals surface area contributed by atoms with Crippen molar-refractivity contribution in [3.63, 3.8) is 0 Å². The molecule has 0 heteroatoms. The van der Waals surface area contributed by atoms with Crippen molar-refractivity contribution in [1.82, 2.24) is 0 Å². The lowest BCUT2D eigenvalue weighted by atomic mass is 10.2. The average Bonchev–Trinajstić information content (AvgIpc) is 2.10. The van der Waals surface area contributed by atoms with E-state index in [1.165, 1.54) is 38.5 Å². The summed E-state index contributed by atoms with van der Waals surface area (Å²) in [6.45, 7) is 4.32. The third-order valence-electron chi connectivity index (χ3n) is 1.88. The van der Waals surface area contributed by atoms with Crippen LogP contribution in [0, 0.1) is 0 Å². The maximum Gasteiger partial charge on any atom is -0.0316 e. The van der Waals surface area contributed by atoms with Gasteiger partial charge in [0.05, 0.1) is 0 Å². The normalized spacial score (nSPS) is 11.8. The fourth-order valence-electron chi connectivity index (χ4n) is 1.11. The van der Waals surface area contributed by atoms with Gasteiger partial charge in [0.2, 0.25) is 0 Å². The van der Waals surface area contributed by atoms with Gasteiger partial charge in [-0.15, -0.1) is 0 Å². The molecular formula is C12H22. The van der Waals surface area contributed by atoms with Gasteiger partial charge in [-0.1, -0.05) is 44.1 Å². The first-order valence-corrected chi connectivity index (χ1v) is 5.18. The molecule has 0 aliphatic heterocycles. The van der Waals surface area contributed by atoms with Crippen molar-refractivity contribution >= 4 is 0 Å². The molecule has 0 saturated heterocycles. The Morgan fingerprint density at radius 2 is 1.50 bits per heavy atom. The van der Waals surface area contributed by atoms with E-state index in [0.717, 1.165) is 0 Å². The van der Waals surface area contributed by atoms with E-state index in [0.29, 0.717) is 0 Å². The Labute approximate surface area is 77.4 Å². The zero-order valence-corrected chi connectivity index (χ0v) is 8.55. The van der Waals surface area contributed by atoms with Gasteiger partial charge in [0.15, 0.2) is 0 Å². The second kappa shape index (κ2) is 10.5. The van der Waals surface area contributed by atoms with Crippen LogP contribution in [-0.2, 0) is 0 Å². The van der Waals surface area contributed by atoms with Crippen LogP contribution in [0.5, 0.6) is 0 Å². The highest BCUT2D eigenvalue weighted by Crippen LogP contribution is 2.01. The third kappa shape index (κ3) is 9.48. The van der Waals surface area contributed by atoms with Crippen LogP contribution in [0.3, 0.4) is 0 Å². The average molecular weight is 166 g/mol. The largest absolute Gasteiger partial charge is 0.0917 e. The monoisotopic (exact) mass is 166 g/mol. The molecular weight excluding hydrogens is 144 g/mol. The fraction of sp³-hybridized carbons (Fsp3) is 0.667. The summed E-state index contributed by atoms with van der Waals surface area (Å²) in [5.41, 5.74) is 0. The minimum Gasteiger partial charge on any atom is -0.0917 e. The summed E-state index contributed by atoms with van der Waals surface area (Å²) in [7, 11) is 0. The van der Waals surface area contributed by atoms with Crippen LogP contribution in [0.2, 0.25) is 0 Å². The van der Waals surface area contributed by atoms with Gasteiger partial charge in [-0.3, -0.25) is 0 Å². The molecule has 0 nitrogen and oxygen atoms in total. The van der Waals surface area contributed by atoms with E-state index in [9.17, 15) is 0 Å². The predicted octanol–water partition coefficient (Wildman–Crippen LogP) is 4.48. The number of hydrogen-bond acceptors (Lipinski definition) is 0. The Kier molecular flexibility index (Phi) is 10.0. The van der Waals surface area contributed by atoms with Gasteiger partial charge in [-0.05, 0) is 32.6 Å². The molecule has 0 aliphatic carbocycles. The lowest BCUT2D eigenvalue weighted by Crippen LogP contribution is -1.71. The maximum atomic E-state index is 2.32. The van der Waals surface area contributed by atoms with E-state index in [1.807, 2.05) is 0 Å². The van der Waals surface area contributed by atoms with Gasteiger partial charge < -0.3 is 0 Å². The van der Waals surface area contributed by atoms with Gasteiger partial charge in [0, 0.05) is 0 Å². The van der Waals surface area contributed by atoms with Crippen LogP contribution in [0.15, 0.2) is 24.3 Å². The summed E-state index contributed by atoms with van der Waals surface area (Å²) in [5, 5.41) is 0. The van der Waals surface area contributed by atoms with E-state index in [4.69, 9.17) is 0 Å². The number of allylic oxidation sites excluding steroid dienone is 4. The summed E-state index contributed by atoms with van der Waals surface area (Å²) in [6.07, 6.45) is 16.7. The van der Waals surface area contributed by atoms with Gasteiger partial charge in [-0.2, -0.15) is 0 Å². The summed E-state index contributed by atoms with van der Waals surface area (Å²) in [4.78, 5) is 0. The summed E-state index contributed by atoms with van der Waals surface area (Å²) in [6, 6.07) is 0. The van der Waals surface area contributed by atoms with E-state index >= 15 is 0 Å². The molecule has 0 amide bonds. The zero-order chi connectivity index (χ0) is 9.07. The molecule has 0 unspecified atom stereocenters. The third-order valence-corrected chi connectivity index (χ3v) is 1.88. The standard InChI is InChI=1S/C12H22/c1-3-5-7-9-11-12-10-8-6-4-2/h3,5,11-12H,4,6-10H2,1-2H3/b5-3+,12-11+. The molecule has 0 N–H and O–H groups in total. The molecule has 12 heavy (non-hydrogen) atoms. The van der Waals surface area contributed by atoms with Crippen molar-refractivity contribution in [2.24, 2.45) is 0 Å². The maximum absolute atomic E-state index is 2.32. The minimum atomic E-state index is 1.20. The van der Waals surface area contributed by atoms with Crippen molar-refractivity contribution < 1.29 is 0 Å². The molecule has 0 aromatic heterocycles. The van der Waals surface area contributed by atoms with Gasteiger partial charge in [0.1, 0.15) is 0 Å². The highest BCUT2D eigenvalue weighted by Gasteiger charge is 1.81. The second-order valence-corrected chi connectivity index (χ2v) is 3.11. The Bertz CT molecular complexity index is 120. The van der Waals surface area contributed by atoms with Crippen LogP contribution < -0.4 is 0 Å². The molecule has 0 fully saturated rings. The topological polar surface area (TPSA) is 0 Å². The SMILES string of the molecule is C/C=C/CC/C=C/CCCCC. The Morgan fingerprint density at radius 3 is 2.17 bits per heavy atom. The Morgan fingerprint density at radius 1 is 0.833 bits per heavy atom. The minimum absolute atomic E-state index is 1.20. The van der Waals surface area contributed by atoms with E-state index in [-0.39, 0.29) is 0 Å². The van der Waals surface area contributed by atoms with E-state index < -0.39 is 0 Å². The van der Waals surface area contributed by atoms with Crippen LogP contribution in [0.1, 0.15) is 52.4 Å². The molecule has 0 atom stereocenters. The second-order valence-electron chi connectivity index (χ2n) is 3.11. The molecule has 0 rings (SSSR count). The van der Waals surface area contributed by atoms with Crippen molar-refractivity contribution in [2.45, 2.75) is 52.4 Å². The zero-order valence-electron chi connectivity index (χ0n) is 8.55. The van der Waals surface area contributed by atoms with Gasteiger partial charge in [0.25, 0.3) is 0 Å². The summed E-state index contributed by atoms with van der Waals surface area (Å²) >= 11 is 0. The smallest absolute Gasteiger partial charge is 0.0316 e. The molecule has 0 heterocycles. The molecule has 0 saturated carbocycles. The molecule has 0 aliphatic rings. The predicted molar refractivity (Wildman–Crippen MR) is 57.3 cm³/mol. The highest BCUT2D eigenvalue weighted by molar-refractivity contribution is 4.86. The van der Waals surface area contributed by atoms with Crippen LogP contribution in [0.4, 0.5) is 0 Å². The number of unbranched alkanes of at least 4 members (excludes halogenated alkanes) is 4. The molecule has 0 bridgehead atoms. The molecule has 0 spiro atoms. The van der Waals surface area contributed by atoms with Crippen LogP contribution in [0.25, 0.3) is 0 Å². The number of rotatable bonds is 7. The fourth-order valence-corrected chi connectivity index (χ4v) is 1.11. The summed E-state index contributed by atoms with van der Waals surface area (Å²) < 4.78 is 0. The molecule has 0 aromatic rings. The van der Waals surface area contributed by atoms with Crippen LogP contribution in [-0.4, -0.2) is 0 Å². The molecule has 0 aromatic carbocycles. The van der Waals surface area contributed by atoms with Gasteiger partial charge >= 0.3 is 0 Å². The summed E-state index contributed by atoms with van der Waals surface area (Å²) in [5.74, 6) is 0. The quantitative estimate of drug-likeness (QED) is 0.386. The first-order valence-electron chi connectivity index (χ1n) is 5.18.